The van der Waals surface area contributed by atoms with Gasteiger partial charge in [0, 0.05) is 24.2 Å². The van der Waals surface area contributed by atoms with Gasteiger partial charge in [0.05, 0.1) is 24.8 Å². The zero-order valence-corrected chi connectivity index (χ0v) is 11.4. The highest BCUT2D eigenvalue weighted by Gasteiger charge is 2.24. The molecule has 1 fully saturated rings. The fourth-order valence-corrected chi connectivity index (χ4v) is 2.96. The minimum atomic E-state index is 0.623. The van der Waals surface area contributed by atoms with Crippen molar-refractivity contribution in [2.45, 2.75) is 25.3 Å². The molecule has 98 valence electrons. The molecule has 1 aliphatic heterocycles. The maximum atomic E-state index is 4.63. The Balaban J connectivity index is 1.83. The molecule has 2 aromatic heterocycles. The van der Waals surface area contributed by atoms with Crippen LogP contribution in [-0.4, -0.2) is 18.6 Å². The summed E-state index contributed by atoms with van der Waals surface area (Å²) in [6.07, 6.45) is 9.94. The van der Waals surface area contributed by atoms with E-state index in [2.05, 4.69) is 41.4 Å². The summed E-state index contributed by atoms with van der Waals surface area (Å²) < 4.78 is 0. The summed E-state index contributed by atoms with van der Waals surface area (Å²) in [5.74, 6) is 0. The van der Waals surface area contributed by atoms with Crippen LogP contribution < -0.4 is 9.88 Å². The van der Waals surface area contributed by atoms with E-state index in [4.69, 9.17) is 0 Å². The Bertz CT molecular complexity index is 521. The molecule has 0 aliphatic carbocycles. The molecule has 19 heavy (non-hydrogen) atoms. The zero-order chi connectivity index (χ0) is 13.1. The van der Waals surface area contributed by atoms with Gasteiger partial charge in [0.15, 0.2) is 12.4 Å². The molecule has 0 radical (unpaired) electrons. The second-order valence-electron chi connectivity index (χ2n) is 5.41. The number of aromatic amines is 1. The van der Waals surface area contributed by atoms with Gasteiger partial charge in [-0.2, -0.15) is 0 Å². The number of aromatic nitrogens is 2. The van der Waals surface area contributed by atoms with E-state index in [-0.39, 0.29) is 0 Å². The molecule has 3 nitrogen and oxygen atoms in total. The van der Waals surface area contributed by atoms with Crippen molar-refractivity contribution in [2.24, 2.45) is 0 Å². The van der Waals surface area contributed by atoms with Gasteiger partial charge in [0.1, 0.15) is 6.04 Å². The van der Waals surface area contributed by atoms with Crippen LogP contribution in [0.15, 0.2) is 42.9 Å². The Kier molecular flexibility index (Phi) is 3.56. The number of H-pyrrole nitrogens is 1. The van der Waals surface area contributed by atoms with Gasteiger partial charge in [-0.05, 0) is 31.0 Å². The number of hydrogen-bond acceptors (Lipinski definition) is 1. The highest BCUT2D eigenvalue weighted by atomic mass is 15.1. The highest BCUT2D eigenvalue weighted by molar-refractivity contribution is 5.56. The first kappa shape index (κ1) is 12.3. The molecular weight excluding hydrogens is 234 g/mol. The molecule has 0 spiro atoms. The lowest BCUT2D eigenvalue weighted by Crippen LogP contribution is -3.10. The van der Waals surface area contributed by atoms with E-state index in [9.17, 15) is 0 Å². The van der Waals surface area contributed by atoms with Crippen molar-refractivity contribution < 1.29 is 9.88 Å². The van der Waals surface area contributed by atoms with E-state index in [1.807, 2.05) is 18.5 Å². The van der Waals surface area contributed by atoms with Crippen LogP contribution in [-0.2, 0) is 0 Å². The van der Waals surface area contributed by atoms with E-state index >= 15 is 0 Å². The number of pyridine rings is 2. The van der Waals surface area contributed by atoms with Gasteiger partial charge < -0.3 is 4.90 Å². The number of nitrogens with one attached hydrogen (secondary N) is 2. The second kappa shape index (κ2) is 5.49. The van der Waals surface area contributed by atoms with Crippen LogP contribution in [0.4, 0.5) is 0 Å². The lowest BCUT2D eigenvalue weighted by Gasteiger charge is -2.29. The van der Waals surface area contributed by atoms with Crippen molar-refractivity contribution in [1.82, 2.24) is 4.98 Å². The quantitative estimate of drug-likeness (QED) is 0.862. The van der Waals surface area contributed by atoms with E-state index in [1.165, 1.54) is 31.4 Å². The third-order valence-electron chi connectivity index (χ3n) is 4.10. The Hall–Kier alpha value is -1.74. The van der Waals surface area contributed by atoms with E-state index in [0.717, 1.165) is 11.3 Å². The molecule has 1 saturated heterocycles. The van der Waals surface area contributed by atoms with Crippen LogP contribution in [0.1, 0.15) is 30.9 Å². The molecule has 2 unspecified atom stereocenters. The zero-order valence-electron chi connectivity index (χ0n) is 11.4. The van der Waals surface area contributed by atoms with Gasteiger partial charge in [0.25, 0.3) is 0 Å². The maximum Gasteiger partial charge on any atom is 0.176 e. The SMILES string of the molecule is C[NH+]1CCCCC1c1ccc(-c2ccc[nH+]c2)nc1. The van der Waals surface area contributed by atoms with Crippen LogP contribution in [0.25, 0.3) is 11.3 Å². The number of nitrogens with zero attached hydrogens (tertiary/aromatic N) is 1. The lowest BCUT2D eigenvalue weighted by molar-refractivity contribution is -0.917. The highest BCUT2D eigenvalue weighted by Crippen LogP contribution is 2.21. The summed E-state index contributed by atoms with van der Waals surface area (Å²) >= 11 is 0. The predicted molar refractivity (Wildman–Crippen MR) is 74.6 cm³/mol. The molecule has 2 aromatic rings. The molecule has 3 rings (SSSR count). The molecular formula is C16H21N3+2. The van der Waals surface area contributed by atoms with Crippen LogP contribution in [0.2, 0.25) is 0 Å². The molecule has 1 aliphatic rings. The Labute approximate surface area is 114 Å². The predicted octanol–water partition coefficient (Wildman–Crippen LogP) is 1.30. The van der Waals surface area contributed by atoms with Crippen molar-refractivity contribution in [3.05, 3.63) is 48.4 Å². The molecule has 0 bridgehead atoms. The van der Waals surface area contributed by atoms with Crippen LogP contribution in [0.5, 0.6) is 0 Å². The number of hydrogen-bond donors (Lipinski definition) is 1. The van der Waals surface area contributed by atoms with Crippen LogP contribution >= 0.6 is 0 Å². The average Bonchev–Trinajstić information content (AvgIpc) is 2.49. The fourth-order valence-electron chi connectivity index (χ4n) is 2.96. The summed E-state index contributed by atoms with van der Waals surface area (Å²) in [7, 11) is 2.30. The van der Waals surface area contributed by atoms with Crippen LogP contribution in [0, 0.1) is 0 Å². The summed E-state index contributed by atoms with van der Waals surface area (Å²) in [5, 5.41) is 0. The average molecular weight is 255 g/mol. The van der Waals surface area contributed by atoms with Crippen molar-refractivity contribution in [3.8, 4) is 11.3 Å². The Morgan fingerprint density at radius 3 is 2.89 bits per heavy atom. The third-order valence-corrected chi connectivity index (χ3v) is 4.10. The normalized spacial score (nSPS) is 23.2. The van der Waals surface area contributed by atoms with Gasteiger partial charge in [-0.15, -0.1) is 0 Å². The van der Waals surface area contributed by atoms with E-state index in [0.29, 0.717) is 6.04 Å². The first-order chi connectivity index (χ1) is 9.34. The molecule has 0 aromatic carbocycles. The monoisotopic (exact) mass is 255 g/mol. The fraction of sp³-hybridized carbons (Fsp3) is 0.375. The van der Waals surface area contributed by atoms with Crippen molar-refractivity contribution in [1.29, 1.82) is 0 Å². The van der Waals surface area contributed by atoms with Gasteiger partial charge in [-0.3, -0.25) is 4.98 Å². The van der Waals surface area contributed by atoms with Crippen LogP contribution in [0.3, 0.4) is 0 Å². The minimum Gasteiger partial charge on any atom is -0.331 e. The molecule has 3 heterocycles. The second-order valence-corrected chi connectivity index (χ2v) is 5.41. The number of quaternary nitrogens is 1. The first-order valence-electron chi connectivity index (χ1n) is 7.09. The first-order valence-corrected chi connectivity index (χ1v) is 7.09. The lowest BCUT2D eigenvalue weighted by atomic mass is 9.97. The summed E-state index contributed by atoms with van der Waals surface area (Å²) in [6, 6.07) is 9.09. The molecule has 0 amide bonds. The topological polar surface area (TPSA) is 31.5 Å². The number of piperidine rings is 1. The maximum absolute atomic E-state index is 4.63. The smallest absolute Gasteiger partial charge is 0.176 e. The molecule has 2 N–H and O–H groups in total. The number of rotatable bonds is 2. The van der Waals surface area contributed by atoms with Gasteiger partial charge in [-0.1, -0.05) is 0 Å². The van der Waals surface area contributed by atoms with Gasteiger partial charge in [-0.25, -0.2) is 4.98 Å². The third kappa shape index (κ3) is 2.66. The molecule has 0 saturated carbocycles. The summed E-state index contributed by atoms with van der Waals surface area (Å²) in [6.45, 7) is 1.28. The van der Waals surface area contributed by atoms with Crippen molar-refractivity contribution >= 4 is 0 Å². The van der Waals surface area contributed by atoms with Crippen molar-refractivity contribution in [3.63, 3.8) is 0 Å². The summed E-state index contributed by atoms with van der Waals surface area (Å²) in [4.78, 5) is 9.34. The number of likely N-dealkylation sites (tertiary alicyclic amines) is 1. The summed E-state index contributed by atoms with van der Waals surface area (Å²) in [5.41, 5.74) is 3.55. The van der Waals surface area contributed by atoms with E-state index in [1.54, 1.807) is 4.90 Å². The van der Waals surface area contributed by atoms with E-state index < -0.39 is 0 Å². The Morgan fingerprint density at radius 2 is 2.21 bits per heavy atom. The molecule has 2 atom stereocenters. The van der Waals surface area contributed by atoms with Crippen molar-refractivity contribution in [2.75, 3.05) is 13.6 Å². The Morgan fingerprint density at radius 1 is 1.26 bits per heavy atom. The minimum absolute atomic E-state index is 0.623. The van der Waals surface area contributed by atoms with Gasteiger partial charge >= 0.3 is 0 Å². The molecule has 3 heteroatoms. The van der Waals surface area contributed by atoms with Gasteiger partial charge in [0.2, 0.25) is 0 Å². The standard InChI is InChI=1S/C16H19N3/c1-19-10-3-2-6-16(19)14-7-8-15(18-12-14)13-5-4-9-17-11-13/h4-5,7-9,11-12,16H,2-3,6,10H2,1H3/p+2. The largest absolute Gasteiger partial charge is 0.331 e.